The van der Waals surface area contributed by atoms with E-state index in [-0.39, 0.29) is 12.5 Å². The van der Waals surface area contributed by atoms with Crippen molar-refractivity contribution in [2.24, 2.45) is 0 Å². The number of carbonyl (C=O) groups is 1. The lowest BCUT2D eigenvalue weighted by Gasteiger charge is -2.13. The van der Waals surface area contributed by atoms with E-state index in [1.54, 1.807) is 7.11 Å². The molecule has 1 aromatic heterocycles. The fraction of sp³-hybridized carbons (Fsp3) is 0.333. The summed E-state index contributed by atoms with van der Waals surface area (Å²) in [5, 5.41) is 14.7. The van der Waals surface area contributed by atoms with Gasteiger partial charge in [-0.1, -0.05) is 12.1 Å². The number of aryl methyl sites for hydroxylation is 1. The van der Waals surface area contributed by atoms with Crippen molar-refractivity contribution in [2.45, 2.75) is 25.8 Å². The van der Waals surface area contributed by atoms with Crippen molar-refractivity contribution in [3.05, 3.63) is 40.9 Å². The molecule has 0 saturated carbocycles. The van der Waals surface area contributed by atoms with Crippen molar-refractivity contribution >= 4 is 22.4 Å². The van der Waals surface area contributed by atoms with Crippen molar-refractivity contribution < 1.29 is 14.6 Å². The van der Waals surface area contributed by atoms with E-state index in [4.69, 9.17) is 9.84 Å². The summed E-state index contributed by atoms with van der Waals surface area (Å²) >= 11 is 1.49. The molecule has 0 bridgehead atoms. The Morgan fingerprint density at radius 2 is 2.14 bits per heavy atom. The van der Waals surface area contributed by atoms with Gasteiger partial charge in [-0.2, -0.15) is 0 Å². The number of aliphatic carboxylic acids is 1. The van der Waals surface area contributed by atoms with Gasteiger partial charge >= 0.3 is 5.97 Å². The molecule has 2 rings (SSSR count). The third-order valence-electron chi connectivity index (χ3n) is 3.10. The maximum Gasteiger partial charge on any atom is 0.303 e. The first-order valence-corrected chi connectivity index (χ1v) is 7.53. The van der Waals surface area contributed by atoms with Crippen LogP contribution in [0.5, 0.6) is 5.75 Å². The first-order chi connectivity index (χ1) is 10.1. The van der Waals surface area contributed by atoms with Gasteiger partial charge in [-0.05, 0) is 24.6 Å². The lowest BCUT2D eigenvalue weighted by Crippen LogP contribution is -2.06. The molecule has 21 heavy (non-hydrogen) atoms. The summed E-state index contributed by atoms with van der Waals surface area (Å²) in [6.07, 6.45) is 0.571. The van der Waals surface area contributed by atoms with Gasteiger partial charge < -0.3 is 15.2 Å². The van der Waals surface area contributed by atoms with Crippen LogP contribution in [-0.2, 0) is 11.2 Å². The lowest BCUT2D eigenvalue weighted by atomic mass is 10.1. The zero-order valence-corrected chi connectivity index (χ0v) is 12.8. The Bertz CT molecular complexity index is 595. The maximum atomic E-state index is 10.5. The van der Waals surface area contributed by atoms with E-state index >= 15 is 0 Å². The molecular formula is C15H18N2O3S. The smallest absolute Gasteiger partial charge is 0.303 e. The number of ether oxygens (including phenoxy) is 1. The van der Waals surface area contributed by atoms with Gasteiger partial charge in [0, 0.05) is 11.8 Å². The van der Waals surface area contributed by atoms with Gasteiger partial charge in [-0.3, -0.25) is 4.79 Å². The standard InChI is InChI=1S/C15H18N2O3S/c1-10(11-3-6-13(20-2)7-4-11)16-15-17-12(9-21-15)5-8-14(18)19/h3-4,6-7,9-10H,5,8H2,1-2H3,(H,16,17)(H,18,19). The van der Waals surface area contributed by atoms with Crippen LogP contribution >= 0.6 is 11.3 Å². The summed E-state index contributed by atoms with van der Waals surface area (Å²) in [5.41, 5.74) is 1.95. The van der Waals surface area contributed by atoms with Gasteiger partial charge in [0.15, 0.2) is 5.13 Å². The Labute approximate surface area is 127 Å². The second-order valence-corrected chi connectivity index (χ2v) is 5.54. The number of carboxylic acid groups (broad SMARTS) is 1. The van der Waals surface area contributed by atoms with Crippen LogP contribution in [0, 0.1) is 0 Å². The molecule has 0 aliphatic carbocycles. The van der Waals surface area contributed by atoms with Crippen LogP contribution in [0.25, 0.3) is 0 Å². The molecule has 0 saturated heterocycles. The lowest BCUT2D eigenvalue weighted by molar-refractivity contribution is -0.136. The van der Waals surface area contributed by atoms with E-state index in [2.05, 4.69) is 17.2 Å². The number of carboxylic acids is 1. The van der Waals surface area contributed by atoms with Crippen molar-refractivity contribution in [3.63, 3.8) is 0 Å². The van der Waals surface area contributed by atoms with E-state index < -0.39 is 5.97 Å². The van der Waals surface area contributed by atoms with Crippen LogP contribution in [-0.4, -0.2) is 23.2 Å². The summed E-state index contributed by atoms with van der Waals surface area (Å²) in [5.74, 6) is 0.0280. The molecule has 0 amide bonds. The third kappa shape index (κ3) is 4.46. The molecule has 1 aromatic carbocycles. The summed E-state index contributed by atoms with van der Waals surface area (Å²) in [7, 11) is 1.64. The normalized spacial score (nSPS) is 11.9. The van der Waals surface area contributed by atoms with Gasteiger partial charge in [0.25, 0.3) is 0 Å². The number of methoxy groups -OCH3 is 1. The molecule has 0 radical (unpaired) electrons. The molecule has 2 N–H and O–H groups in total. The molecule has 1 atom stereocenters. The Morgan fingerprint density at radius 1 is 1.43 bits per heavy atom. The minimum absolute atomic E-state index is 0.108. The summed E-state index contributed by atoms with van der Waals surface area (Å²) in [6.45, 7) is 2.06. The quantitative estimate of drug-likeness (QED) is 0.821. The highest BCUT2D eigenvalue weighted by Crippen LogP contribution is 2.24. The molecule has 0 aliphatic heterocycles. The number of benzene rings is 1. The molecule has 0 fully saturated rings. The van der Waals surface area contributed by atoms with E-state index in [9.17, 15) is 4.79 Å². The van der Waals surface area contributed by atoms with Gasteiger partial charge in [0.2, 0.25) is 0 Å². The second kappa shape index (κ2) is 7.08. The molecule has 6 heteroatoms. The fourth-order valence-electron chi connectivity index (χ4n) is 1.88. The zero-order chi connectivity index (χ0) is 15.2. The number of hydrogen-bond donors (Lipinski definition) is 2. The highest BCUT2D eigenvalue weighted by atomic mass is 32.1. The third-order valence-corrected chi connectivity index (χ3v) is 3.92. The molecule has 0 aliphatic rings. The van der Waals surface area contributed by atoms with Gasteiger partial charge in [0.05, 0.1) is 25.3 Å². The summed E-state index contributed by atoms with van der Waals surface area (Å²) in [6, 6.07) is 7.99. The Hall–Kier alpha value is -2.08. The van der Waals surface area contributed by atoms with E-state index in [1.165, 1.54) is 11.3 Å². The number of rotatable bonds is 7. The SMILES string of the molecule is COc1ccc(C(C)Nc2nc(CCC(=O)O)cs2)cc1. The average molecular weight is 306 g/mol. The van der Waals surface area contributed by atoms with E-state index in [1.807, 2.05) is 29.6 Å². The number of hydrogen-bond acceptors (Lipinski definition) is 5. The first kappa shape index (κ1) is 15.3. The largest absolute Gasteiger partial charge is 0.497 e. The second-order valence-electron chi connectivity index (χ2n) is 4.68. The Kier molecular flexibility index (Phi) is 5.16. The number of anilines is 1. The summed E-state index contributed by atoms with van der Waals surface area (Å²) < 4.78 is 5.14. The highest BCUT2D eigenvalue weighted by molar-refractivity contribution is 7.13. The highest BCUT2D eigenvalue weighted by Gasteiger charge is 2.09. The molecule has 0 spiro atoms. The monoisotopic (exact) mass is 306 g/mol. The average Bonchev–Trinajstić information content (AvgIpc) is 2.92. The number of nitrogens with zero attached hydrogens (tertiary/aromatic N) is 1. The molecule has 1 unspecified atom stereocenters. The van der Waals surface area contributed by atoms with E-state index in [0.717, 1.165) is 22.1 Å². The van der Waals surface area contributed by atoms with Crippen molar-refractivity contribution in [3.8, 4) is 5.75 Å². The van der Waals surface area contributed by atoms with Gasteiger partial charge in [-0.25, -0.2) is 4.98 Å². The molecule has 2 aromatic rings. The van der Waals surface area contributed by atoms with Crippen LogP contribution < -0.4 is 10.1 Å². The van der Waals surface area contributed by atoms with Crippen LogP contribution in [0.1, 0.15) is 30.6 Å². The molecule has 112 valence electrons. The number of aromatic nitrogens is 1. The van der Waals surface area contributed by atoms with Crippen LogP contribution in [0.3, 0.4) is 0 Å². The Balaban J connectivity index is 1.95. The van der Waals surface area contributed by atoms with Crippen molar-refractivity contribution in [1.29, 1.82) is 0 Å². The molecular weight excluding hydrogens is 288 g/mol. The topological polar surface area (TPSA) is 71.5 Å². The van der Waals surface area contributed by atoms with Gasteiger partial charge in [0.1, 0.15) is 5.75 Å². The zero-order valence-electron chi connectivity index (χ0n) is 12.0. The van der Waals surface area contributed by atoms with Crippen LogP contribution in [0.2, 0.25) is 0 Å². The number of nitrogens with one attached hydrogen (secondary N) is 1. The van der Waals surface area contributed by atoms with Crippen LogP contribution in [0.15, 0.2) is 29.6 Å². The Morgan fingerprint density at radius 3 is 2.76 bits per heavy atom. The molecule has 5 nitrogen and oxygen atoms in total. The van der Waals surface area contributed by atoms with Crippen molar-refractivity contribution in [1.82, 2.24) is 4.98 Å². The molecule has 1 heterocycles. The van der Waals surface area contributed by atoms with Gasteiger partial charge in [-0.15, -0.1) is 11.3 Å². The van der Waals surface area contributed by atoms with Crippen molar-refractivity contribution in [2.75, 3.05) is 12.4 Å². The number of thiazole rings is 1. The minimum Gasteiger partial charge on any atom is -0.497 e. The summed E-state index contributed by atoms with van der Waals surface area (Å²) in [4.78, 5) is 14.9. The fourth-order valence-corrected chi connectivity index (χ4v) is 2.72. The van der Waals surface area contributed by atoms with E-state index in [0.29, 0.717) is 6.42 Å². The maximum absolute atomic E-state index is 10.5. The minimum atomic E-state index is -0.802. The predicted molar refractivity (Wildman–Crippen MR) is 83.1 cm³/mol. The van der Waals surface area contributed by atoms with Crippen LogP contribution in [0.4, 0.5) is 5.13 Å². The first-order valence-electron chi connectivity index (χ1n) is 6.65. The predicted octanol–water partition coefficient (Wildman–Crippen LogP) is 3.34.